The molecule has 0 spiro atoms. The number of ether oxygens (including phenoxy) is 1. The fourth-order valence-corrected chi connectivity index (χ4v) is 2.56. The first-order valence-corrected chi connectivity index (χ1v) is 7.61. The highest BCUT2D eigenvalue weighted by molar-refractivity contribution is 6.58. The quantitative estimate of drug-likeness (QED) is 0.710. The Hall–Kier alpha value is -1.08. The lowest BCUT2D eigenvalue weighted by atomic mass is 9.80. The molecule has 0 amide bonds. The van der Waals surface area contributed by atoms with Crippen LogP contribution in [-0.2, 0) is 0 Å². The second-order valence-corrected chi connectivity index (χ2v) is 5.77. The molecule has 5 nitrogen and oxygen atoms in total. The molecular formula is C15H25BN2O3. The number of benzene rings is 1. The molecule has 0 saturated carbocycles. The molecule has 1 aromatic rings. The Morgan fingerprint density at radius 3 is 2.52 bits per heavy atom. The molecule has 116 valence electrons. The van der Waals surface area contributed by atoms with Crippen molar-refractivity contribution in [2.24, 2.45) is 0 Å². The third-order valence-corrected chi connectivity index (χ3v) is 3.97. The number of hydrogen-bond acceptors (Lipinski definition) is 5. The van der Waals surface area contributed by atoms with Crippen LogP contribution >= 0.6 is 0 Å². The Kier molecular flexibility index (Phi) is 6.05. The molecule has 1 heterocycles. The summed E-state index contributed by atoms with van der Waals surface area (Å²) >= 11 is 0. The Morgan fingerprint density at radius 1 is 1.19 bits per heavy atom. The summed E-state index contributed by atoms with van der Waals surface area (Å²) in [6.07, 6.45) is 0. The highest BCUT2D eigenvalue weighted by Gasteiger charge is 2.18. The first-order valence-electron chi connectivity index (χ1n) is 7.61. The van der Waals surface area contributed by atoms with Crippen LogP contribution in [0.1, 0.15) is 13.8 Å². The lowest BCUT2D eigenvalue weighted by Gasteiger charge is -2.36. The van der Waals surface area contributed by atoms with Crippen molar-refractivity contribution in [2.75, 3.05) is 39.3 Å². The average Bonchev–Trinajstić information content (AvgIpc) is 2.48. The maximum absolute atomic E-state index is 9.13. The van der Waals surface area contributed by atoms with E-state index in [0.29, 0.717) is 23.9 Å². The van der Waals surface area contributed by atoms with E-state index in [9.17, 15) is 0 Å². The molecule has 1 saturated heterocycles. The van der Waals surface area contributed by atoms with Crippen molar-refractivity contribution < 1.29 is 14.8 Å². The first-order chi connectivity index (χ1) is 10.1. The van der Waals surface area contributed by atoms with Gasteiger partial charge in [0.1, 0.15) is 12.4 Å². The molecule has 2 N–H and O–H groups in total. The summed E-state index contributed by atoms with van der Waals surface area (Å²) in [6.45, 7) is 10.4. The van der Waals surface area contributed by atoms with Gasteiger partial charge in [-0.1, -0.05) is 12.1 Å². The lowest BCUT2D eigenvalue weighted by molar-refractivity contribution is 0.0971. The van der Waals surface area contributed by atoms with Crippen molar-refractivity contribution in [3.63, 3.8) is 0 Å². The van der Waals surface area contributed by atoms with Gasteiger partial charge in [0, 0.05) is 38.8 Å². The van der Waals surface area contributed by atoms with Gasteiger partial charge in [-0.2, -0.15) is 0 Å². The van der Waals surface area contributed by atoms with E-state index in [2.05, 4.69) is 23.6 Å². The predicted molar refractivity (Wildman–Crippen MR) is 84.9 cm³/mol. The molecule has 1 fully saturated rings. The summed E-state index contributed by atoms with van der Waals surface area (Å²) in [5.41, 5.74) is 0.457. The molecule has 0 aromatic heterocycles. The number of nitrogens with zero attached hydrogens (tertiary/aromatic N) is 2. The number of rotatable bonds is 6. The molecule has 21 heavy (non-hydrogen) atoms. The Morgan fingerprint density at radius 2 is 1.90 bits per heavy atom. The molecular weight excluding hydrogens is 267 g/mol. The Labute approximate surface area is 127 Å². The fraction of sp³-hybridized carbons (Fsp3) is 0.600. The zero-order chi connectivity index (χ0) is 15.2. The van der Waals surface area contributed by atoms with Crippen molar-refractivity contribution in [1.82, 2.24) is 9.80 Å². The van der Waals surface area contributed by atoms with Gasteiger partial charge in [-0.05, 0) is 31.4 Å². The SMILES string of the molecule is CC(C)N1CCN(CCOc2cccc(B(O)O)c2)CC1. The Balaban J connectivity index is 1.71. The fourth-order valence-electron chi connectivity index (χ4n) is 2.56. The minimum Gasteiger partial charge on any atom is -0.492 e. The molecule has 1 aromatic carbocycles. The molecule has 2 rings (SSSR count). The molecule has 0 bridgehead atoms. The summed E-state index contributed by atoms with van der Waals surface area (Å²) < 4.78 is 5.70. The van der Waals surface area contributed by atoms with Crippen molar-refractivity contribution in [3.05, 3.63) is 24.3 Å². The van der Waals surface area contributed by atoms with E-state index in [1.54, 1.807) is 18.2 Å². The number of hydrogen-bond donors (Lipinski definition) is 2. The molecule has 1 aliphatic rings. The highest BCUT2D eigenvalue weighted by Crippen LogP contribution is 2.09. The van der Waals surface area contributed by atoms with Crippen LogP contribution in [0, 0.1) is 0 Å². The van der Waals surface area contributed by atoms with E-state index >= 15 is 0 Å². The second kappa shape index (κ2) is 7.80. The van der Waals surface area contributed by atoms with Gasteiger partial charge in [-0.25, -0.2) is 0 Å². The van der Waals surface area contributed by atoms with Gasteiger partial charge in [0.05, 0.1) is 0 Å². The van der Waals surface area contributed by atoms with E-state index < -0.39 is 7.12 Å². The van der Waals surface area contributed by atoms with Crippen LogP contribution in [-0.4, -0.2) is 72.3 Å². The van der Waals surface area contributed by atoms with Gasteiger partial charge in [-0.15, -0.1) is 0 Å². The number of piperazine rings is 1. The van der Waals surface area contributed by atoms with E-state index in [1.807, 2.05) is 6.07 Å². The maximum Gasteiger partial charge on any atom is 0.488 e. The molecule has 0 atom stereocenters. The van der Waals surface area contributed by atoms with E-state index in [0.717, 1.165) is 32.7 Å². The third-order valence-electron chi connectivity index (χ3n) is 3.97. The van der Waals surface area contributed by atoms with Gasteiger partial charge in [0.2, 0.25) is 0 Å². The topological polar surface area (TPSA) is 56.2 Å². The zero-order valence-corrected chi connectivity index (χ0v) is 12.9. The van der Waals surface area contributed by atoms with Gasteiger partial charge >= 0.3 is 7.12 Å². The van der Waals surface area contributed by atoms with Crippen LogP contribution in [0.4, 0.5) is 0 Å². The monoisotopic (exact) mass is 292 g/mol. The zero-order valence-electron chi connectivity index (χ0n) is 12.9. The summed E-state index contributed by atoms with van der Waals surface area (Å²) in [7, 11) is -1.45. The van der Waals surface area contributed by atoms with Gasteiger partial charge in [0.15, 0.2) is 0 Å². The minimum absolute atomic E-state index is 0.457. The van der Waals surface area contributed by atoms with Crippen LogP contribution in [0.2, 0.25) is 0 Å². The Bertz CT molecular complexity index is 435. The van der Waals surface area contributed by atoms with Crippen LogP contribution in [0.3, 0.4) is 0 Å². The highest BCUT2D eigenvalue weighted by atomic mass is 16.5. The van der Waals surface area contributed by atoms with Gasteiger partial charge in [0.25, 0.3) is 0 Å². The lowest BCUT2D eigenvalue weighted by Crippen LogP contribution is -2.49. The van der Waals surface area contributed by atoms with Gasteiger partial charge in [-0.3, -0.25) is 9.80 Å². The molecule has 0 radical (unpaired) electrons. The maximum atomic E-state index is 9.13. The molecule has 1 aliphatic heterocycles. The van der Waals surface area contributed by atoms with E-state index in [-0.39, 0.29) is 0 Å². The van der Waals surface area contributed by atoms with Crippen molar-refractivity contribution in [3.8, 4) is 5.75 Å². The van der Waals surface area contributed by atoms with Crippen LogP contribution in [0.5, 0.6) is 5.75 Å². The normalized spacial score (nSPS) is 17.2. The van der Waals surface area contributed by atoms with E-state index in [4.69, 9.17) is 14.8 Å². The third kappa shape index (κ3) is 5.00. The summed E-state index contributed by atoms with van der Waals surface area (Å²) in [5.74, 6) is 0.682. The average molecular weight is 292 g/mol. The van der Waals surface area contributed by atoms with Crippen LogP contribution in [0.25, 0.3) is 0 Å². The molecule has 0 unspecified atom stereocenters. The minimum atomic E-state index is -1.45. The standard InChI is InChI=1S/C15H25BN2O3/c1-13(2)18-8-6-17(7-9-18)10-11-21-15-5-3-4-14(12-15)16(19)20/h3-5,12-13,19-20H,6-11H2,1-2H3. The molecule has 6 heteroatoms. The van der Waals surface area contributed by atoms with Crippen molar-refractivity contribution >= 4 is 12.6 Å². The summed E-state index contributed by atoms with van der Waals surface area (Å²) in [6, 6.07) is 7.56. The summed E-state index contributed by atoms with van der Waals surface area (Å²) in [5, 5.41) is 18.3. The van der Waals surface area contributed by atoms with Crippen LogP contribution < -0.4 is 10.2 Å². The van der Waals surface area contributed by atoms with Crippen LogP contribution in [0.15, 0.2) is 24.3 Å². The smallest absolute Gasteiger partial charge is 0.488 e. The second-order valence-electron chi connectivity index (χ2n) is 5.77. The van der Waals surface area contributed by atoms with Crippen molar-refractivity contribution in [1.29, 1.82) is 0 Å². The largest absolute Gasteiger partial charge is 0.492 e. The van der Waals surface area contributed by atoms with Crippen molar-refractivity contribution in [2.45, 2.75) is 19.9 Å². The molecule has 0 aliphatic carbocycles. The predicted octanol–water partition coefficient (Wildman–Crippen LogP) is -0.229. The van der Waals surface area contributed by atoms with E-state index in [1.165, 1.54) is 0 Å². The van der Waals surface area contributed by atoms with Gasteiger partial charge < -0.3 is 14.8 Å². The first kappa shape index (κ1) is 16.3. The summed E-state index contributed by atoms with van der Waals surface area (Å²) in [4.78, 5) is 4.90.